The highest BCUT2D eigenvalue weighted by atomic mass is 32.2. The second kappa shape index (κ2) is 4.05. The molecule has 1 spiro atoms. The molecule has 0 saturated heterocycles. The van der Waals surface area contributed by atoms with Crippen LogP contribution >= 0.6 is 11.8 Å². The van der Waals surface area contributed by atoms with Crippen molar-refractivity contribution < 1.29 is 4.79 Å². The number of carbonyl (C=O) groups excluding carboxylic acids is 1. The summed E-state index contributed by atoms with van der Waals surface area (Å²) in [6.45, 7) is 2.05. The molecule has 0 unspecified atom stereocenters. The van der Waals surface area contributed by atoms with E-state index in [0.717, 1.165) is 24.1 Å². The van der Waals surface area contributed by atoms with Crippen LogP contribution in [0.5, 0.6) is 0 Å². The van der Waals surface area contributed by atoms with E-state index < -0.39 is 0 Å². The Bertz CT molecular complexity index is 463. The lowest BCUT2D eigenvalue weighted by Crippen LogP contribution is -2.44. The maximum Gasteiger partial charge on any atom is 0.241 e. The SMILES string of the molecule is Cc1cccc2c1NC(=O)C1(CCCCC1)S2. The number of hydrogen-bond donors (Lipinski definition) is 1. The summed E-state index contributed by atoms with van der Waals surface area (Å²) in [5, 5.41) is 3.13. The standard InChI is InChI=1S/C14H17NOS/c1-10-6-5-7-11-12(10)15-13(16)14(17-11)8-3-2-4-9-14/h5-7H,2-4,8-9H2,1H3,(H,15,16). The van der Waals surface area contributed by atoms with Gasteiger partial charge in [0.05, 0.1) is 10.4 Å². The van der Waals surface area contributed by atoms with Crippen LogP contribution in [0.1, 0.15) is 37.7 Å². The van der Waals surface area contributed by atoms with Gasteiger partial charge in [0.1, 0.15) is 0 Å². The Morgan fingerprint density at radius 2 is 2.00 bits per heavy atom. The van der Waals surface area contributed by atoms with Crippen molar-refractivity contribution in [1.82, 2.24) is 0 Å². The maximum absolute atomic E-state index is 12.4. The topological polar surface area (TPSA) is 29.1 Å². The molecule has 1 saturated carbocycles. The molecule has 1 aromatic rings. The second-order valence-corrected chi connectivity index (χ2v) is 6.48. The Morgan fingerprint density at radius 3 is 2.76 bits per heavy atom. The third-order valence-corrected chi connectivity index (χ3v) is 5.40. The van der Waals surface area contributed by atoms with Crippen molar-refractivity contribution in [3.05, 3.63) is 23.8 Å². The van der Waals surface area contributed by atoms with Crippen molar-refractivity contribution in [2.75, 3.05) is 5.32 Å². The van der Waals surface area contributed by atoms with E-state index in [-0.39, 0.29) is 10.7 Å². The molecule has 1 aliphatic heterocycles. The first-order valence-electron chi connectivity index (χ1n) is 6.31. The van der Waals surface area contributed by atoms with Gasteiger partial charge in [-0.15, -0.1) is 11.8 Å². The van der Waals surface area contributed by atoms with Gasteiger partial charge in [-0.3, -0.25) is 4.79 Å². The fraction of sp³-hybridized carbons (Fsp3) is 0.500. The minimum Gasteiger partial charge on any atom is -0.324 e. The minimum absolute atomic E-state index is 0.182. The fourth-order valence-electron chi connectivity index (χ4n) is 2.82. The molecule has 0 aromatic heterocycles. The first kappa shape index (κ1) is 11.1. The summed E-state index contributed by atoms with van der Waals surface area (Å²) in [5.41, 5.74) is 2.19. The molecule has 1 heterocycles. The number of carbonyl (C=O) groups is 1. The van der Waals surface area contributed by atoms with Gasteiger partial charge in [0.15, 0.2) is 0 Å². The van der Waals surface area contributed by atoms with E-state index in [4.69, 9.17) is 0 Å². The Balaban J connectivity index is 2.00. The highest BCUT2D eigenvalue weighted by molar-refractivity contribution is 8.01. The van der Waals surface area contributed by atoms with E-state index >= 15 is 0 Å². The Labute approximate surface area is 106 Å². The largest absolute Gasteiger partial charge is 0.324 e. The zero-order valence-corrected chi connectivity index (χ0v) is 10.9. The average Bonchev–Trinajstić information content (AvgIpc) is 2.33. The number of anilines is 1. The van der Waals surface area contributed by atoms with Gasteiger partial charge in [-0.25, -0.2) is 0 Å². The molecule has 2 aliphatic rings. The van der Waals surface area contributed by atoms with Crippen molar-refractivity contribution >= 4 is 23.4 Å². The van der Waals surface area contributed by atoms with Crippen LogP contribution in [-0.2, 0) is 4.79 Å². The summed E-state index contributed by atoms with van der Waals surface area (Å²) in [5.74, 6) is 0.226. The lowest BCUT2D eigenvalue weighted by Gasteiger charge is -2.39. The van der Waals surface area contributed by atoms with Gasteiger partial charge < -0.3 is 5.32 Å². The minimum atomic E-state index is -0.182. The van der Waals surface area contributed by atoms with Crippen molar-refractivity contribution in [3.8, 4) is 0 Å². The number of amides is 1. The third-order valence-electron chi connectivity index (χ3n) is 3.85. The number of benzene rings is 1. The Hall–Kier alpha value is -0.960. The van der Waals surface area contributed by atoms with Crippen LogP contribution in [0.3, 0.4) is 0 Å². The van der Waals surface area contributed by atoms with Gasteiger partial charge in [0.2, 0.25) is 5.91 Å². The Kier molecular flexibility index (Phi) is 2.66. The first-order valence-corrected chi connectivity index (χ1v) is 7.13. The predicted molar refractivity (Wildman–Crippen MR) is 71.5 cm³/mol. The van der Waals surface area contributed by atoms with Crippen LogP contribution in [0.2, 0.25) is 0 Å². The zero-order valence-electron chi connectivity index (χ0n) is 10.1. The summed E-state index contributed by atoms with van der Waals surface area (Å²) in [4.78, 5) is 13.6. The molecule has 0 radical (unpaired) electrons. The van der Waals surface area contributed by atoms with Crippen LogP contribution in [0, 0.1) is 6.92 Å². The van der Waals surface area contributed by atoms with Gasteiger partial charge in [0, 0.05) is 4.90 Å². The molecule has 3 rings (SSSR count). The normalized spacial score (nSPS) is 22.1. The van der Waals surface area contributed by atoms with Gasteiger partial charge in [-0.1, -0.05) is 31.4 Å². The molecular formula is C14H17NOS. The number of para-hydroxylation sites is 1. The molecule has 2 nitrogen and oxygen atoms in total. The number of fused-ring (bicyclic) bond motifs is 1. The summed E-state index contributed by atoms with van der Waals surface area (Å²) >= 11 is 1.79. The number of nitrogens with one attached hydrogen (secondary N) is 1. The predicted octanol–water partition coefficient (Wildman–Crippen LogP) is 3.74. The lowest BCUT2D eigenvalue weighted by molar-refractivity contribution is -0.119. The highest BCUT2D eigenvalue weighted by Crippen LogP contribution is 2.50. The summed E-state index contributed by atoms with van der Waals surface area (Å²) < 4.78 is -0.182. The van der Waals surface area contributed by atoms with Gasteiger partial charge in [-0.05, 0) is 31.4 Å². The first-order chi connectivity index (χ1) is 8.21. The second-order valence-electron chi connectivity index (χ2n) is 5.06. The molecule has 1 N–H and O–H groups in total. The van der Waals surface area contributed by atoms with Crippen molar-refractivity contribution in [3.63, 3.8) is 0 Å². The molecule has 1 aromatic carbocycles. The number of aryl methyl sites for hydroxylation is 1. The molecule has 0 atom stereocenters. The van der Waals surface area contributed by atoms with E-state index in [1.165, 1.54) is 24.2 Å². The van der Waals surface area contributed by atoms with Crippen LogP contribution < -0.4 is 5.32 Å². The van der Waals surface area contributed by atoms with Gasteiger partial charge in [0.25, 0.3) is 0 Å². The molecule has 1 fully saturated rings. The van der Waals surface area contributed by atoms with E-state index in [9.17, 15) is 4.79 Å². The third kappa shape index (κ3) is 1.77. The van der Waals surface area contributed by atoms with Gasteiger partial charge in [-0.2, -0.15) is 0 Å². The fourth-order valence-corrected chi connectivity index (χ4v) is 4.34. The number of thioether (sulfide) groups is 1. The maximum atomic E-state index is 12.4. The monoisotopic (exact) mass is 247 g/mol. The van der Waals surface area contributed by atoms with Crippen LogP contribution in [0.25, 0.3) is 0 Å². The van der Waals surface area contributed by atoms with E-state index in [0.29, 0.717) is 0 Å². The summed E-state index contributed by atoms with van der Waals surface area (Å²) in [6.07, 6.45) is 5.69. The molecular weight excluding hydrogens is 230 g/mol. The van der Waals surface area contributed by atoms with Crippen LogP contribution in [0.4, 0.5) is 5.69 Å². The summed E-state index contributed by atoms with van der Waals surface area (Å²) in [6, 6.07) is 6.26. The Morgan fingerprint density at radius 1 is 1.24 bits per heavy atom. The molecule has 1 aliphatic carbocycles. The quantitative estimate of drug-likeness (QED) is 0.756. The van der Waals surface area contributed by atoms with Crippen molar-refractivity contribution in [2.45, 2.75) is 48.7 Å². The zero-order chi connectivity index (χ0) is 11.9. The molecule has 0 bridgehead atoms. The van der Waals surface area contributed by atoms with E-state index in [1.54, 1.807) is 11.8 Å². The molecule has 17 heavy (non-hydrogen) atoms. The molecule has 3 heteroatoms. The number of rotatable bonds is 0. The average molecular weight is 247 g/mol. The van der Waals surface area contributed by atoms with Gasteiger partial charge >= 0.3 is 0 Å². The smallest absolute Gasteiger partial charge is 0.241 e. The summed E-state index contributed by atoms with van der Waals surface area (Å²) in [7, 11) is 0. The van der Waals surface area contributed by atoms with Crippen molar-refractivity contribution in [1.29, 1.82) is 0 Å². The van der Waals surface area contributed by atoms with Crippen LogP contribution in [-0.4, -0.2) is 10.7 Å². The van der Waals surface area contributed by atoms with E-state index in [2.05, 4.69) is 30.4 Å². The number of hydrogen-bond acceptors (Lipinski definition) is 2. The van der Waals surface area contributed by atoms with Crippen LogP contribution in [0.15, 0.2) is 23.1 Å². The molecule has 90 valence electrons. The van der Waals surface area contributed by atoms with Crippen molar-refractivity contribution in [2.24, 2.45) is 0 Å². The lowest BCUT2D eigenvalue weighted by atomic mass is 9.87. The molecule has 1 amide bonds. The van der Waals surface area contributed by atoms with E-state index in [1.807, 2.05) is 0 Å². The highest BCUT2D eigenvalue weighted by Gasteiger charge is 2.44.